The number of nitrogens with two attached hydrogens (primary N) is 1. The minimum atomic E-state index is -0.395. The summed E-state index contributed by atoms with van der Waals surface area (Å²) in [6, 6.07) is 9.32. The predicted molar refractivity (Wildman–Crippen MR) is 73.0 cm³/mol. The zero-order valence-corrected chi connectivity index (χ0v) is 11.6. The summed E-state index contributed by atoms with van der Waals surface area (Å²) in [6.07, 6.45) is 1.43. The van der Waals surface area contributed by atoms with Gasteiger partial charge in [-0.2, -0.15) is 0 Å². The fourth-order valence-corrected chi connectivity index (χ4v) is 2.00. The molecule has 0 saturated carbocycles. The van der Waals surface area contributed by atoms with Crippen LogP contribution in [0.4, 0.5) is 0 Å². The first-order valence-corrected chi connectivity index (χ1v) is 6.40. The van der Waals surface area contributed by atoms with Crippen molar-refractivity contribution in [2.24, 2.45) is 5.84 Å². The molecule has 2 aromatic rings. The van der Waals surface area contributed by atoms with Crippen molar-refractivity contribution < 1.29 is 13.9 Å². The number of ether oxygens (including phenoxy) is 1. The number of benzene rings is 1. The highest BCUT2D eigenvalue weighted by molar-refractivity contribution is 9.10. The number of halogens is 1. The molecule has 0 radical (unpaired) electrons. The lowest BCUT2D eigenvalue weighted by molar-refractivity contribution is 0.0868. The van der Waals surface area contributed by atoms with E-state index in [0.717, 1.165) is 10.0 Å². The topological polar surface area (TPSA) is 77.5 Å². The molecule has 0 spiro atoms. The Morgan fingerprint density at radius 1 is 1.32 bits per heavy atom. The number of hydrogen-bond acceptors (Lipinski definition) is 4. The average molecular weight is 325 g/mol. The van der Waals surface area contributed by atoms with Crippen LogP contribution in [-0.4, -0.2) is 5.91 Å². The van der Waals surface area contributed by atoms with Gasteiger partial charge >= 0.3 is 0 Å². The molecule has 0 aliphatic heterocycles. The number of amides is 1. The molecule has 1 amide bonds. The van der Waals surface area contributed by atoms with Crippen LogP contribution in [0.25, 0.3) is 0 Å². The standard InChI is InChI=1S/C13H13BrN2O3/c14-11-4-2-1-3-9(11)7-18-8-12-10(5-6-19-12)13(17)16-15/h1-6H,7-8,15H2,(H,16,17). The Bertz CT molecular complexity index is 569. The summed E-state index contributed by atoms with van der Waals surface area (Å²) in [6.45, 7) is 0.628. The highest BCUT2D eigenvalue weighted by atomic mass is 79.9. The molecule has 0 fully saturated rings. The first kappa shape index (κ1) is 13.8. The van der Waals surface area contributed by atoms with Crippen molar-refractivity contribution in [2.45, 2.75) is 13.2 Å². The summed E-state index contributed by atoms with van der Waals surface area (Å²) in [7, 11) is 0. The molecule has 19 heavy (non-hydrogen) atoms. The van der Waals surface area contributed by atoms with E-state index in [1.54, 1.807) is 6.07 Å². The van der Waals surface area contributed by atoms with Gasteiger partial charge in [-0.1, -0.05) is 34.1 Å². The number of furan rings is 1. The fraction of sp³-hybridized carbons (Fsp3) is 0.154. The van der Waals surface area contributed by atoms with Crippen LogP contribution in [0, 0.1) is 0 Å². The van der Waals surface area contributed by atoms with Crippen LogP contribution in [0.2, 0.25) is 0 Å². The number of carbonyl (C=O) groups excluding carboxylic acids is 1. The third-order valence-electron chi connectivity index (χ3n) is 2.57. The van der Waals surface area contributed by atoms with Gasteiger partial charge in [-0.3, -0.25) is 10.2 Å². The van der Waals surface area contributed by atoms with E-state index in [9.17, 15) is 4.79 Å². The normalized spacial score (nSPS) is 10.4. The van der Waals surface area contributed by atoms with Gasteiger partial charge in [0, 0.05) is 4.47 Å². The molecule has 0 aliphatic rings. The maximum absolute atomic E-state index is 11.4. The SMILES string of the molecule is NNC(=O)c1ccoc1COCc1ccccc1Br. The van der Waals surface area contributed by atoms with Crippen molar-refractivity contribution in [2.75, 3.05) is 0 Å². The van der Waals surface area contributed by atoms with Crippen LogP contribution in [0.3, 0.4) is 0 Å². The van der Waals surface area contributed by atoms with Crippen LogP contribution in [0.15, 0.2) is 45.5 Å². The van der Waals surface area contributed by atoms with Crippen LogP contribution in [0.1, 0.15) is 21.7 Å². The summed E-state index contributed by atoms with van der Waals surface area (Å²) >= 11 is 3.44. The second kappa shape index (κ2) is 6.51. The van der Waals surface area contributed by atoms with E-state index in [4.69, 9.17) is 15.0 Å². The van der Waals surface area contributed by atoms with Gasteiger partial charge < -0.3 is 9.15 Å². The summed E-state index contributed by atoms with van der Waals surface area (Å²) in [4.78, 5) is 11.4. The molecule has 1 aromatic carbocycles. The van der Waals surface area contributed by atoms with Crippen molar-refractivity contribution in [1.29, 1.82) is 0 Å². The Morgan fingerprint density at radius 3 is 2.84 bits per heavy atom. The number of hydrogen-bond donors (Lipinski definition) is 2. The molecule has 5 nitrogen and oxygen atoms in total. The van der Waals surface area contributed by atoms with E-state index in [1.165, 1.54) is 6.26 Å². The predicted octanol–water partition coefficient (Wildman–Crippen LogP) is 2.36. The summed E-state index contributed by atoms with van der Waals surface area (Å²) in [5, 5.41) is 0. The molecule has 1 heterocycles. The smallest absolute Gasteiger partial charge is 0.268 e. The molecule has 0 atom stereocenters. The first-order chi connectivity index (χ1) is 9.22. The number of carbonyl (C=O) groups is 1. The van der Waals surface area contributed by atoms with Gasteiger partial charge in [-0.25, -0.2) is 5.84 Å². The molecule has 0 aliphatic carbocycles. The van der Waals surface area contributed by atoms with Gasteiger partial charge in [-0.05, 0) is 17.7 Å². The van der Waals surface area contributed by atoms with E-state index in [1.807, 2.05) is 24.3 Å². The number of nitrogen functional groups attached to an aromatic ring is 1. The molecular weight excluding hydrogens is 312 g/mol. The lowest BCUT2D eigenvalue weighted by atomic mass is 10.2. The Labute approximate surface area is 118 Å². The van der Waals surface area contributed by atoms with Gasteiger partial charge in [-0.15, -0.1) is 0 Å². The lowest BCUT2D eigenvalue weighted by Gasteiger charge is -2.06. The minimum absolute atomic E-state index is 0.205. The van der Waals surface area contributed by atoms with Crippen molar-refractivity contribution >= 4 is 21.8 Å². The van der Waals surface area contributed by atoms with Gasteiger partial charge in [0.2, 0.25) is 0 Å². The average Bonchev–Trinajstić information content (AvgIpc) is 2.88. The number of rotatable bonds is 5. The van der Waals surface area contributed by atoms with Gasteiger partial charge in [0.25, 0.3) is 5.91 Å². The van der Waals surface area contributed by atoms with Crippen LogP contribution in [-0.2, 0) is 18.0 Å². The van der Waals surface area contributed by atoms with Crippen LogP contribution in [0.5, 0.6) is 0 Å². The molecule has 0 bridgehead atoms. The molecule has 0 unspecified atom stereocenters. The Balaban J connectivity index is 1.95. The fourth-order valence-electron chi connectivity index (χ4n) is 1.60. The van der Waals surface area contributed by atoms with Gasteiger partial charge in [0.05, 0.1) is 18.4 Å². The molecule has 2 rings (SSSR count). The quantitative estimate of drug-likeness (QED) is 0.503. The van der Waals surface area contributed by atoms with E-state index in [0.29, 0.717) is 17.9 Å². The Kier molecular flexibility index (Phi) is 4.73. The Hall–Kier alpha value is -1.63. The third-order valence-corrected chi connectivity index (χ3v) is 3.34. The molecule has 6 heteroatoms. The first-order valence-electron chi connectivity index (χ1n) is 5.61. The number of hydrazine groups is 1. The molecule has 3 N–H and O–H groups in total. The van der Waals surface area contributed by atoms with E-state index < -0.39 is 5.91 Å². The minimum Gasteiger partial charge on any atom is -0.466 e. The van der Waals surface area contributed by atoms with Crippen LogP contribution < -0.4 is 11.3 Å². The zero-order chi connectivity index (χ0) is 13.7. The molecule has 100 valence electrons. The van der Waals surface area contributed by atoms with Crippen molar-refractivity contribution in [1.82, 2.24) is 5.43 Å². The summed E-state index contributed by atoms with van der Waals surface area (Å²) < 4.78 is 11.7. The van der Waals surface area contributed by atoms with E-state index in [-0.39, 0.29) is 6.61 Å². The monoisotopic (exact) mass is 324 g/mol. The van der Waals surface area contributed by atoms with E-state index in [2.05, 4.69) is 21.4 Å². The molecule has 1 aromatic heterocycles. The van der Waals surface area contributed by atoms with Gasteiger partial charge in [0.1, 0.15) is 12.4 Å². The highest BCUT2D eigenvalue weighted by Crippen LogP contribution is 2.18. The summed E-state index contributed by atoms with van der Waals surface area (Å²) in [5.41, 5.74) is 3.47. The van der Waals surface area contributed by atoms with Crippen molar-refractivity contribution in [3.05, 3.63) is 58.0 Å². The maximum atomic E-state index is 11.4. The Morgan fingerprint density at radius 2 is 2.11 bits per heavy atom. The highest BCUT2D eigenvalue weighted by Gasteiger charge is 2.13. The summed E-state index contributed by atoms with van der Waals surface area (Å²) in [5.74, 6) is 5.14. The molecular formula is C13H13BrN2O3. The van der Waals surface area contributed by atoms with Gasteiger partial charge in [0.15, 0.2) is 0 Å². The van der Waals surface area contributed by atoms with Crippen LogP contribution >= 0.6 is 15.9 Å². The second-order valence-corrected chi connectivity index (χ2v) is 4.67. The third kappa shape index (κ3) is 3.44. The number of nitrogens with one attached hydrogen (secondary N) is 1. The zero-order valence-electron chi connectivity index (χ0n) is 10.1. The van der Waals surface area contributed by atoms with E-state index >= 15 is 0 Å². The lowest BCUT2D eigenvalue weighted by Crippen LogP contribution is -2.30. The maximum Gasteiger partial charge on any atom is 0.268 e. The largest absolute Gasteiger partial charge is 0.466 e. The second-order valence-electron chi connectivity index (χ2n) is 3.82. The van der Waals surface area contributed by atoms with Crippen molar-refractivity contribution in [3.8, 4) is 0 Å². The van der Waals surface area contributed by atoms with Crippen molar-refractivity contribution in [3.63, 3.8) is 0 Å². The molecule has 0 saturated heterocycles.